The number of halogens is 2. The molecule has 1 nitrogen and oxygen atoms in total. The molecule has 0 heterocycles. The van der Waals surface area contributed by atoms with Gasteiger partial charge in [-0.05, 0) is 24.6 Å². The van der Waals surface area contributed by atoms with Crippen LogP contribution in [0.5, 0.6) is 5.75 Å². The van der Waals surface area contributed by atoms with Crippen molar-refractivity contribution in [3.63, 3.8) is 0 Å². The Bertz CT molecular complexity index is 524. The zero-order valence-electron chi connectivity index (χ0n) is 9.24. The molecule has 0 unspecified atom stereocenters. The Morgan fingerprint density at radius 2 is 1.47 bits per heavy atom. The van der Waals surface area contributed by atoms with Gasteiger partial charge in [0.05, 0.1) is 0 Å². The summed E-state index contributed by atoms with van der Waals surface area (Å²) in [6.07, 6.45) is 0. The van der Waals surface area contributed by atoms with Gasteiger partial charge in [-0.25, -0.2) is 4.39 Å². The van der Waals surface area contributed by atoms with E-state index in [2.05, 4.69) is 0 Å². The minimum atomic E-state index is -1.21. The number of aromatic hydroxyl groups is 1. The molecule has 0 atom stereocenters. The van der Waals surface area contributed by atoms with E-state index in [-0.39, 0.29) is 38.3 Å². The average Bonchev–Trinajstić information content (AvgIpc) is 2.28. The molecular formula is C13H10F2OY. The third kappa shape index (κ3) is 2.91. The summed E-state index contributed by atoms with van der Waals surface area (Å²) < 4.78 is 26.6. The van der Waals surface area contributed by atoms with Crippen LogP contribution in [0.3, 0.4) is 0 Å². The fourth-order valence-electron chi connectivity index (χ4n) is 1.50. The zero-order valence-corrected chi connectivity index (χ0v) is 12.1. The van der Waals surface area contributed by atoms with Crippen LogP contribution < -0.4 is 0 Å². The van der Waals surface area contributed by atoms with E-state index in [0.29, 0.717) is 5.56 Å². The van der Waals surface area contributed by atoms with Gasteiger partial charge in [0.25, 0.3) is 0 Å². The van der Waals surface area contributed by atoms with Gasteiger partial charge in [-0.15, -0.1) is 0 Å². The number of rotatable bonds is 1. The Kier molecular flexibility index (Phi) is 4.78. The van der Waals surface area contributed by atoms with Gasteiger partial charge in [-0.1, -0.05) is 29.8 Å². The molecule has 0 fully saturated rings. The number of phenols is 1. The fourth-order valence-corrected chi connectivity index (χ4v) is 1.50. The SMILES string of the molecule is Cc1ccc(-c2ccc(O)c(F)c2F)cc1.[Y]. The summed E-state index contributed by atoms with van der Waals surface area (Å²) in [5.41, 5.74) is 1.78. The van der Waals surface area contributed by atoms with E-state index in [1.807, 2.05) is 19.1 Å². The van der Waals surface area contributed by atoms with Crippen LogP contribution in [0.4, 0.5) is 8.78 Å². The van der Waals surface area contributed by atoms with Crippen molar-refractivity contribution in [2.45, 2.75) is 6.92 Å². The molecule has 1 radical (unpaired) electrons. The second kappa shape index (κ2) is 5.70. The molecule has 0 spiro atoms. The van der Waals surface area contributed by atoms with E-state index in [0.717, 1.165) is 11.6 Å². The Balaban J connectivity index is 0.00000144. The largest absolute Gasteiger partial charge is 0.505 e. The standard InChI is InChI=1S/C13H10F2O.Y/c1-8-2-4-9(5-3-8)10-6-7-11(16)13(15)12(10)14;/h2-7,16H,1H3;. The van der Waals surface area contributed by atoms with E-state index in [4.69, 9.17) is 5.11 Å². The maximum absolute atomic E-state index is 13.5. The van der Waals surface area contributed by atoms with E-state index >= 15 is 0 Å². The van der Waals surface area contributed by atoms with Gasteiger partial charge in [-0.3, -0.25) is 0 Å². The second-order valence-electron chi connectivity index (χ2n) is 3.63. The Morgan fingerprint density at radius 1 is 0.882 bits per heavy atom. The maximum atomic E-state index is 13.5. The summed E-state index contributed by atoms with van der Waals surface area (Å²) in [5, 5.41) is 9.00. The Labute approximate surface area is 123 Å². The molecule has 17 heavy (non-hydrogen) atoms. The smallest absolute Gasteiger partial charge is 0.200 e. The molecule has 0 aliphatic rings. The molecular weight excluding hydrogens is 299 g/mol. The third-order valence-electron chi connectivity index (χ3n) is 2.42. The molecule has 0 bridgehead atoms. The van der Waals surface area contributed by atoms with Crippen molar-refractivity contribution in [3.05, 3.63) is 53.6 Å². The van der Waals surface area contributed by atoms with Crippen LogP contribution in [0, 0.1) is 18.6 Å². The molecule has 0 saturated heterocycles. The van der Waals surface area contributed by atoms with E-state index in [1.54, 1.807) is 12.1 Å². The summed E-state index contributed by atoms with van der Waals surface area (Å²) in [7, 11) is 0. The first-order valence-corrected chi connectivity index (χ1v) is 4.83. The minimum absolute atomic E-state index is 0. The van der Waals surface area contributed by atoms with E-state index in [1.165, 1.54) is 6.07 Å². The van der Waals surface area contributed by atoms with Crippen molar-refractivity contribution in [3.8, 4) is 16.9 Å². The van der Waals surface area contributed by atoms with Crippen molar-refractivity contribution in [2.75, 3.05) is 0 Å². The number of hydrogen-bond donors (Lipinski definition) is 1. The van der Waals surface area contributed by atoms with Crippen LogP contribution >= 0.6 is 0 Å². The molecule has 2 aromatic carbocycles. The number of benzene rings is 2. The average molecular weight is 309 g/mol. The zero-order chi connectivity index (χ0) is 11.7. The Hall–Kier alpha value is -0.796. The summed E-state index contributed by atoms with van der Waals surface area (Å²) in [6, 6.07) is 9.57. The first-order chi connectivity index (χ1) is 7.59. The quantitative estimate of drug-likeness (QED) is 0.852. The van der Waals surface area contributed by atoms with E-state index < -0.39 is 17.4 Å². The molecule has 2 rings (SSSR count). The molecule has 0 aromatic heterocycles. The van der Waals surface area contributed by atoms with Crippen molar-refractivity contribution in [1.29, 1.82) is 0 Å². The van der Waals surface area contributed by atoms with Gasteiger partial charge in [0, 0.05) is 38.3 Å². The van der Waals surface area contributed by atoms with Gasteiger partial charge in [0.2, 0.25) is 5.82 Å². The maximum Gasteiger partial charge on any atom is 0.200 e. The molecule has 1 N–H and O–H groups in total. The van der Waals surface area contributed by atoms with Crippen LogP contribution in [0.15, 0.2) is 36.4 Å². The monoisotopic (exact) mass is 309 g/mol. The normalized spacial score (nSPS) is 9.82. The van der Waals surface area contributed by atoms with Crippen LogP contribution in [-0.2, 0) is 32.7 Å². The molecule has 0 aliphatic heterocycles. The first-order valence-electron chi connectivity index (χ1n) is 4.83. The summed E-state index contributed by atoms with van der Waals surface area (Å²) >= 11 is 0. The molecule has 2 aromatic rings. The van der Waals surface area contributed by atoms with Gasteiger partial charge >= 0.3 is 0 Å². The fraction of sp³-hybridized carbons (Fsp3) is 0.0769. The predicted octanol–water partition coefficient (Wildman–Crippen LogP) is 3.64. The van der Waals surface area contributed by atoms with Gasteiger partial charge in [0.1, 0.15) is 0 Å². The van der Waals surface area contributed by atoms with Crippen LogP contribution in [-0.4, -0.2) is 5.11 Å². The summed E-state index contributed by atoms with van der Waals surface area (Å²) in [6.45, 7) is 1.91. The molecule has 0 amide bonds. The van der Waals surface area contributed by atoms with Gasteiger partial charge < -0.3 is 5.11 Å². The van der Waals surface area contributed by atoms with Crippen LogP contribution in [0.25, 0.3) is 11.1 Å². The predicted molar refractivity (Wildman–Crippen MR) is 58.2 cm³/mol. The third-order valence-corrected chi connectivity index (χ3v) is 2.42. The number of phenolic OH excluding ortho intramolecular Hbond substituents is 1. The van der Waals surface area contributed by atoms with Gasteiger partial charge in [-0.2, -0.15) is 4.39 Å². The van der Waals surface area contributed by atoms with Crippen molar-refractivity contribution in [1.82, 2.24) is 0 Å². The minimum Gasteiger partial charge on any atom is -0.505 e. The number of hydrogen-bond acceptors (Lipinski definition) is 1. The van der Waals surface area contributed by atoms with Crippen molar-refractivity contribution < 1.29 is 46.6 Å². The van der Waals surface area contributed by atoms with E-state index in [9.17, 15) is 8.78 Å². The van der Waals surface area contributed by atoms with Crippen LogP contribution in [0.2, 0.25) is 0 Å². The first kappa shape index (κ1) is 14.3. The van der Waals surface area contributed by atoms with Crippen molar-refractivity contribution in [2.24, 2.45) is 0 Å². The van der Waals surface area contributed by atoms with Gasteiger partial charge in [0.15, 0.2) is 11.6 Å². The Morgan fingerprint density at radius 3 is 2.06 bits per heavy atom. The molecule has 0 saturated carbocycles. The second-order valence-corrected chi connectivity index (χ2v) is 3.63. The van der Waals surface area contributed by atoms with Crippen molar-refractivity contribution >= 4 is 0 Å². The van der Waals surface area contributed by atoms with Crippen LogP contribution in [0.1, 0.15) is 5.56 Å². The molecule has 85 valence electrons. The molecule has 0 aliphatic carbocycles. The topological polar surface area (TPSA) is 20.2 Å². The summed E-state index contributed by atoms with van der Waals surface area (Å²) in [4.78, 5) is 0. The number of aryl methyl sites for hydroxylation is 1. The summed E-state index contributed by atoms with van der Waals surface area (Å²) in [5.74, 6) is -2.91. The molecule has 4 heteroatoms.